The van der Waals surface area contributed by atoms with Gasteiger partial charge in [0, 0.05) is 38.3 Å². The Hall–Kier alpha value is -2.68. The number of benzene rings is 2. The smallest absolute Gasteiger partial charge is 0.318 e. The molecule has 2 heterocycles. The Morgan fingerprint density at radius 1 is 1.03 bits per heavy atom. The van der Waals surface area contributed by atoms with Gasteiger partial charge in [0.2, 0.25) is 0 Å². The van der Waals surface area contributed by atoms with Gasteiger partial charge in [-0.25, -0.2) is 9.78 Å². The van der Waals surface area contributed by atoms with Crippen LogP contribution in [-0.4, -0.2) is 58.9 Å². The van der Waals surface area contributed by atoms with Crippen LogP contribution in [0.15, 0.2) is 48.5 Å². The molecule has 0 saturated carbocycles. The van der Waals surface area contributed by atoms with Crippen molar-refractivity contribution in [3.63, 3.8) is 0 Å². The number of halogens is 1. The number of urea groups is 1. The van der Waals surface area contributed by atoms with Crippen LogP contribution in [0.5, 0.6) is 0 Å². The van der Waals surface area contributed by atoms with Gasteiger partial charge < -0.3 is 10.2 Å². The van der Waals surface area contributed by atoms with Crippen LogP contribution in [0.4, 0.5) is 9.93 Å². The van der Waals surface area contributed by atoms with Gasteiger partial charge in [0.15, 0.2) is 5.13 Å². The minimum Gasteiger partial charge on any atom is -0.324 e. The molecule has 1 fully saturated rings. The minimum absolute atomic E-state index is 0.117. The second kappa shape index (κ2) is 9.42. The highest BCUT2D eigenvalue weighted by atomic mass is 35.5. The molecule has 7 nitrogen and oxygen atoms in total. The second-order valence-electron chi connectivity index (χ2n) is 7.02. The summed E-state index contributed by atoms with van der Waals surface area (Å²) >= 11 is 7.01. The van der Waals surface area contributed by atoms with Crippen LogP contribution in [-0.2, 0) is 6.54 Å². The summed E-state index contributed by atoms with van der Waals surface area (Å²) < 4.78 is 1.04. The van der Waals surface area contributed by atoms with E-state index in [0.717, 1.165) is 35.4 Å². The van der Waals surface area contributed by atoms with Crippen molar-refractivity contribution in [1.29, 1.82) is 0 Å². The molecule has 30 heavy (non-hydrogen) atoms. The lowest BCUT2D eigenvalue weighted by Crippen LogP contribution is -2.51. The number of anilines is 1. The van der Waals surface area contributed by atoms with Gasteiger partial charge in [-0.05, 0) is 29.8 Å². The first-order chi connectivity index (χ1) is 14.6. The van der Waals surface area contributed by atoms with E-state index in [-0.39, 0.29) is 17.9 Å². The lowest BCUT2D eigenvalue weighted by molar-refractivity contribution is 0.102. The summed E-state index contributed by atoms with van der Waals surface area (Å²) in [5, 5.41) is 6.09. The van der Waals surface area contributed by atoms with E-state index in [1.165, 1.54) is 11.3 Å². The molecule has 0 atom stereocenters. The third-order valence-electron chi connectivity index (χ3n) is 5.01. The topological polar surface area (TPSA) is 77.6 Å². The third kappa shape index (κ3) is 4.89. The third-order valence-corrected chi connectivity index (χ3v) is 6.10. The highest BCUT2D eigenvalue weighted by Gasteiger charge is 2.20. The van der Waals surface area contributed by atoms with E-state index >= 15 is 0 Å². The van der Waals surface area contributed by atoms with Gasteiger partial charge in [0.05, 0.1) is 16.2 Å². The zero-order chi connectivity index (χ0) is 20.9. The number of carbonyl (C=O) groups excluding carboxylic acids is 2. The second-order valence-corrected chi connectivity index (χ2v) is 8.31. The molecule has 0 radical (unpaired) electrons. The van der Waals surface area contributed by atoms with Gasteiger partial charge in [0.25, 0.3) is 5.91 Å². The van der Waals surface area contributed by atoms with Crippen molar-refractivity contribution in [2.45, 2.75) is 6.54 Å². The number of carbonyl (C=O) groups is 2. The molecule has 156 valence electrons. The molecule has 4 rings (SSSR count). The zero-order valence-electron chi connectivity index (χ0n) is 16.3. The highest BCUT2D eigenvalue weighted by Crippen LogP contribution is 2.25. The Morgan fingerprint density at radius 2 is 1.77 bits per heavy atom. The van der Waals surface area contributed by atoms with Crippen LogP contribution in [0.1, 0.15) is 15.9 Å². The van der Waals surface area contributed by atoms with Crippen molar-refractivity contribution in [2.24, 2.45) is 0 Å². The molecule has 0 unspecified atom stereocenters. The Morgan fingerprint density at radius 3 is 2.47 bits per heavy atom. The monoisotopic (exact) mass is 443 g/mol. The predicted octanol–water partition coefficient (Wildman–Crippen LogP) is 3.57. The largest absolute Gasteiger partial charge is 0.324 e. The maximum Gasteiger partial charge on any atom is 0.318 e. The molecule has 1 aromatic heterocycles. The summed E-state index contributed by atoms with van der Waals surface area (Å²) in [6.07, 6.45) is 0. The van der Waals surface area contributed by atoms with Gasteiger partial charge in [-0.3, -0.25) is 15.0 Å². The zero-order valence-corrected chi connectivity index (χ0v) is 17.9. The number of rotatable bonds is 5. The lowest BCUT2D eigenvalue weighted by atomic mass is 10.1. The van der Waals surface area contributed by atoms with Crippen molar-refractivity contribution in [1.82, 2.24) is 20.1 Å². The van der Waals surface area contributed by atoms with Gasteiger partial charge >= 0.3 is 6.03 Å². The van der Waals surface area contributed by atoms with E-state index in [2.05, 4.69) is 20.5 Å². The quantitative estimate of drug-likeness (QED) is 0.466. The first-order valence-corrected chi connectivity index (χ1v) is 11.0. The SMILES string of the molecule is O=C(Nc1nc2ccccc2s1)c1ccc(CN2CCN(C(=O)NCCl)CC2)cc1. The Labute approximate surface area is 183 Å². The van der Waals surface area contributed by atoms with Gasteiger partial charge in [-0.2, -0.15) is 0 Å². The number of nitrogens with zero attached hydrogens (tertiary/aromatic N) is 3. The maximum atomic E-state index is 12.5. The van der Waals surface area contributed by atoms with E-state index in [1.54, 1.807) is 4.90 Å². The number of aromatic nitrogens is 1. The highest BCUT2D eigenvalue weighted by molar-refractivity contribution is 7.22. The number of fused-ring (bicyclic) bond motifs is 1. The van der Waals surface area contributed by atoms with Crippen molar-refractivity contribution in [3.8, 4) is 0 Å². The number of alkyl halides is 1. The van der Waals surface area contributed by atoms with Crippen LogP contribution < -0.4 is 10.6 Å². The van der Waals surface area contributed by atoms with Crippen LogP contribution in [0.3, 0.4) is 0 Å². The van der Waals surface area contributed by atoms with Crippen molar-refractivity contribution >= 4 is 50.2 Å². The van der Waals surface area contributed by atoms with E-state index < -0.39 is 0 Å². The summed E-state index contributed by atoms with van der Waals surface area (Å²) in [7, 11) is 0. The van der Waals surface area contributed by atoms with Crippen molar-refractivity contribution < 1.29 is 9.59 Å². The van der Waals surface area contributed by atoms with Crippen LogP contribution in [0, 0.1) is 0 Å². The first kappa shape index (κ1) is 20.6. The van der Waals surface area contributed by atoms with Crippen LogP contribution in [0.25, 0.3) is 10.2 Å². The fourth-order valence-electron chi connectivity index (χ4n) is 3.39. The molecular weight excluding hydrogens is 422 g/mol. The Kier molecular flexibility index (Phi) is 6.47. The van der Waals surface area contributed by atoms with E-state index in [1.807, 2.05) is 48.5 Å². The molecule has 0 spiro atoms. The molecule has 3 amide bonds. The van der Waals surface area contributed by atoms with Gasteiger partial charge in [-0.15, -0.1) is 11.6 Å². The molecule has 9 heteroatoms. The fraction of sp³-hybridized carbons (Fsp3) is 0.286. The number of hydrogen-bond donors (Lipinski definition) is 2. The van der Waals surface area contributed by atoms with E-state index in [9.17, 15) is 9.59 Å². The molecule has 2 N–H and O–H groups in total. The number of nitrogens with one attached hydrogen (secondary N) is 2. The fourth-order valence-corrected chi connectivity index (χ4v) is 4.37. The Balaban J connectivity index is 1.30. The first-order valence-electron chi connectivity index (χ1n) is 9.69. The standard InChI is InChI=1S/C21H22ClN5O2S/c22-14-23-21(29)27-11-9-26(10-12-27)13-15-5-7-16(8-6-15)19(28)25-20-24-17-3-1-2-4-18(17)30-20/h1-8H,9-14H2,(H,23,29)(H,24,25,28). The van der Waals surface area contributed by atoms with Gasteiger partial charge in [-0.1, -0.05) is 35.6 Å². The molecule has 1 aliphatic heterocycles. The van der Waals surface area contributed by atoms with Crippen LogP contribution >= 0.6 is 22.9 Å². The number of amides is 3. The molecule has 1 aliphatic rings. The number of piperazine rings is 1. The maximum absolute atomic E-state index is 12.5. The average molecular weight is 444 g/mol. The molecule has 3 aromatic rings. The summed E-state index contributed by atoms with van der Waals surface area (Å²) in [4.78, 5) is 32.9. The van der Waals surface area contributed by atoms with Crippen LogP contribution in [0.2, 0.25) is 0 Å². The summed E-state index contributed by atoms with van der Waals surface area (Å²) in [5.74, 6) is -0.167. The van der Waals surface area contributed by atoms with E-state index in [0.29, 0.717) is 23.8 Å². The van der Waals surface area contributed by atoms with Gasteiger partial charge in [0.1, 0.15) is 0 Å². The number of hydrogen-bond acceptors (Lipinski definition) is 5. The van der Waals surface area contributed by atoms with Crippen molar-refractivity contribution in [3.05, 3.63) is 59.7 Å². The molecule has 0 aliphatic carbocycles. The molecule has 1 saturated heterocycles. The molecule has 0 bridgehead atoms. The predicted molar refractivity (Wildman–Crippen MR) is 120 cm³/mol. The number of thiazole rings is 1. The minimum atomic E-state index is -0.167. The average Bonchev–Trinajstić information content (AvgIpc) is 3.17. The molecular formula is C21H22ClN5O2S. The summed E-state index contributed by atoms with van der Waals surface area (Å²) in [6, 6.07) is 15.4. The normalized spacial score (nSPS) is 14.6. The lowest BCUT2D eigenvalue weighted by Gasteiger charge is -2.34. The Bertz CT molecular complexity index is 998. The number of para-hydroxylation sites is 1. The van der Waals surface area contributed by atoms with Crippen molar-refractivity contribution in [2.75, 3.05) is 37.5 Å². The summed E-state index contributed by atoms with van der Waals surface area (Å²) in [5.41, 5.74) is 2.61. The summed E-state index contributed by atoms with van der Waals surface area (Å²) in [6.45, 7) is 3.73. The van der Waals surface area contributed by atoms with E-state index in [4.69, 9.17) is 11.6 Å². The molecule has 2 aromatic carbocycles.